The van der Waals surface area contributed by atoms with Gasteiger partial charge in [0.2, 0.25) is 0 Å². The molecule has 1 aliphatic heterocycles. The van der Waals surface area contributed by atoms with Crippen molar-refractivity contribution in [1.82, 2.24) is 4.90 Å². The molecule has 0 saturated heterocycles. The number of aliphatic hydroxyl groups is 1. The minimum atomic E-state index is -0.566. The van der Waals surface area contributed by atoms with Crippen molar-refractivity contribution < 1.29 is 23.5 Å². The van der Waals surface area contributed by atoms with Crippen LogP contribution in [0.4, 0.5) is 4.39 Å². The number of aliphatic hydroxyl groups excluding tert-OH is 1. The van der Waals surface area contributed by atoms with E-state index in [4.69, 9.17) is 4.42 Å². The summed E-state index contributed by atoms with van der Waals surface area (Å²) in [4.78, 5) is 25.2. The van der Waals surface area contributed by atoms with Crippen LogP contribution in [-0.2, 0) is 11.2 Å². The zero-order valence-corrected chi connectivity index (χ0v) is 12.4. The maximum Gasteiger partial charge on any atom is 0.289 e. The van der Waals surface area contributed by atoms with Gasteiger partial charge in [-0.1, -0.05) is 12.1 Å². The molecular formula is C17H14FNO4. The van der Waals surface area contributed by atoms with E-state index < -0.39 is 17.4 Å². The van der Waals surface area contributed by atoms with Gasteiger partial charge in [0.15, 0.2) is 11.5 Å². The van der Waals surface area contributed by atoms with Crippen molar-refractivity contribution in [2.24, 2.45) is 0 Å². The number of ketones is 1. The number of benzene rings is 1. The molecule has 1 N–H and O–H groups in total. The Hall–Kier alpha value is -2.89. The number of carbonyl (C=O) groups excluding carboxylic acids is 2. The Morgan fingerprint density at radius 3 is 2.65 bits per heavy atom. The van der Waals surface area contributed by atoms with Gasteiger partial charge in [0, 0.05) is 13.5 Å². The molecule has 1 aromatic heterocycles. The fourth-order valence-corrected chi connectivity index (χ4v) is 2.44. The van der Waals surface area contributed by atoms with Crippen LogP contribution in [-0.4, -0.2) is 35.3 Å². The molecular weight excluding hydrogens is 301 g/mol. The fraction of sp³-hybridized carbons (Fsp3) is 0.176. The van der Waals surface area contributed by atoms with E-state index in [1.807, 2.05) is 0 Å². The van der Waals surface area contributed by atoms with E-state index in [0.717, 1.165) is 5.56 Å². The molecule has 6 heteroatoms. The van der Waals surface area contributed by atoms with E-state index >= 15 is 0 Å². The van der Waals surface area contributed by atoms with Crippen molar-refractivity contribution >= 4 is 11.7 Å². The molecule has 2 heterocycles. The number of halogens is 1. The molecule has 1 aromatic carbocycles. The third kappa shape index (κ3) is 2.88. The van der Waals surface area contributed by atoms with Crippen LogP contribution in [0.3, 0.4) is 0 Å². The average molecular weight is 315 g/mol. The smallest absolute Gasteiger partial charge is 0.289 e. The summed E-state index contributed by atoms with van der Waals surface area (Å²) in [6, 6.07) is 7.55. The SMILES string of the molecule is CN1CC(C(=O)c2coc(Cc3ccc(F)cc3)c2)=C(O)C1=O. The number of likely N-dealkylation sites (N-methyl/N-ethyl adjacent to an activating group) is 1. The normalized spacial score (nSPS) is 14.7. The molecule has 2 aromatic rings. The first-order valence-electron chi connectivity index (χ1n) is 7.00. The van der Waals surface area contributed by atoms with Crippen molar-refractivity contribution in [3.63, 3.8) is 0 Å². The predicted octanol–water partition coefficient (Wildman–Crippen LogP) is 2.48. The van der Waals surface area contributed by atoms with Crippen molar-refractivity contribution in [2.75, 3.05) is 13.6 Å². The Balaban J connectivity index is 1.78. The number of amides is 1. The van der Waals surface area contributed by atoms with Gasteiger partial charge in [-0.3, -0.25) is 9.59 Å². The lowest BCUT2D eigenvalue weighted by molar-refractivity contribution is -0.126. The standard InChI is InChI=1S/C17H14FNO4/c1-19-8-14(16(21)17(19)22)15(20)11-7-13(23-9-11)6-10-2-4-12(18)5-3-10/h2-5,7,9,21H,6,8H2,1H3. The summed E-state index contributed by atoms with van der Waals surface area (Å²) in [6.07, 6.45) is 1.71. The number of nitrogens with zero attached hydrogens (tertiary/aromatic N) is 1. The van der Waals surface area contributed by atoms with Gasteiger partial charge in [-0.2, -0.15) is 0 Å². The van der Waals surface area contributed by atoms with Gasteiger partial charge in [0.25, 0.3) is 5.91 Å². The van der Waals surface area contributed by atoms with Gasteiger partial charge in [-0.05, 0) is 23.8 Å². The molecule has 0 atom stereocenters. The largest absolute Gasteiger partial charge is 0.503 e. The van der Waals surface area contributed by atoms with Crippen LogP contribution in [0.15, 0.2) is 52.3 Å². The monoisotopic (exact) mass is 315 g/mol. The highest BCUT2D eigenvalue weighted by atomic mass is 19.1. The molecule has 118 valence electrons. The maximum atomic E-state index is 12.9. The molecule has 0 unspecified atom stereocenters. The summed E-state index contributed by atoms with van der Waals surface area (Å²) in [5.41, 5.74) is 1.18. The molecule has 1 aliphatic rings. The number of carbonyl (C=O) groups is 2. The van der Waals surface area contributed by atoms with E-state index in [2.05, 4.69) is 0 Å². The van der Waals surface area contributed by atoms with E-state index in [1.54, 1.807) is 18.2 Å². The van der Waals surface area contributed by atoms with Gasteiger partial charge >= 0.3 is 0 Å². The van der Waals surface area contributed by atoms with E-state index in [9.17, 15) is 19.1 Å². The molecule has 0 fully saturated rings. The molecule has 1 amide bonds. The molecule has 5 nitrogen and oxygen atoms in total. The quantitative estimate of drug-likeness (QED) is 0.880. The number of hydrogen-bond acceptors (Lipinski definition) is 4. The third-order valence-corrected chi connectivity index (χ3v) is 3.71. The summed E-state index contributed by atoms with van der Waals surface area (Å²) in [6.45, 7) is 0.0714. The van der Waals surface area contributed by atoms with Gasteiger partial charge in [0.05, 0.1) is 17.7 Å². The first-order valence-corrected chi connectivity index (χ1v) is 7.00. The molecule has 0 spiro atoms. The number of rotatable bonds is 4. The van der Waals surface area contributed by atoms with Gasteiger partial charge in [-0.25, -0.2) is 4.39 Å². The van der Waals surface area contributed by atoms with E-state index in [1.165, 1.54) is 30.3 Å². The second-order valence-electron chi connectivity index (χ2n) is 5.42. The van der Waals surface area contributed by atoms with Crippen molar-refractivity contribution in [2.45, 2.75) is 6.42 Å². The zero-order chi connectivity index (χ0) is 16.6. The molecule has 0 aliphatic carbocycles. The van der Waals surface area contributed by atoms with E-state index in [-0.39, 0.29) is 23.5 Å². The van der Waals surface area contributed by atoms with Crippen LogP contribution in [0.5, 0.6) is 0 Å². The minimum absolute atomic E-state index is 0.0617. The Morgan fingerprint density at radius 1 is 1.35 bits per heavy atom. The summed E-state index contributed by atoms with van der Waals surface area (Å²) >= 11 is 0. The van der Waals surface area contributed by atoms with Crippen molar-refractivity contribution in [1.29, 1.82) is 0 Å². The van der Waals surface area contributed by atoms with Crippen molar-refractivity contribution in [3.8, 4) is 0 Å². The second-order valence-corrected chi connectivity index (χ2v) is 5.42. The minimum Gasteiger partial charge on any atom is -0.503 e. The number of Topliss-reactive ketones (excluding diaryl/α,β-unsaturated/α-hetero) is 1. The first-order chi connectivity index (χ1) is 11.0. The number of furan rings is 1. The Bertz CT molecular complexity index is 804. The molecule has 3 rings (SSSR count). The molecule has 23 heavy (non-hydrogen) atoms. The van der Waals surface area contributed by atoms with Crippen LogP contribution < -0.4 is 0 Å². The van der Waals surface area contributed by atoms with Crippen LogP contribution in [0.25, 0.3) is 0 Å². The second kappa shape index (κ2) is 5.72. The summed E-state index contributed by atoms with van der Waals surface area (Å²) in [7, 11) is 1.51. The van der Waals surface area contributed by atoms with Crippen molar-refractivity contribution in [3.05, 3.63) is 70.6 Å². The molecule has 0 bridgehead atoms. The molecule has 0 radical (unpaired) electrons. The average Bonchev–Trinajstić information content (AvgIpc) is 3.10. The van der Waals surface area contributed by atoms with Crippen LogP contribution in [0.2, 0.25) is 0 Å². The third-order valence-electron chi connectivity index (χ3n) is 3.71. The van der Waals surface area contributed by atoms with Gasteiger partial charge in [0.1, 0.15) is 17.8 Å². The van der Waals surface area contributed by atoms with Crippen LogP contribution in [0.1, 0.15) is 21.7 Å². The highest BCUT2D eigenvalue weighted by Crippen LogP contribution is 2.22. The topological polar surface area (TPSA) is 70.8 Å². The summed E-state index contributed by atoms with van der Waals surface area (Å²) in [5.74, 6) is -1.30. The number of hydrogen-bond donors (Lipinski definition) is 1. The highest BCUT2D eigenvalue weighted by Gasteiger charge is 2.32. The first kappa shape index (κ1) is 15.0. The van der Waals surface area contributed by atoms with Gasteiger partial charge < -0.3 is 14.4 Å². The Morgan fingerprint density at radius 2 is 2.04 bits per heavy atom. The summed E-state index contributed by atoms with van der Waals surface area (Å²) < 4.78 is 18.2. The van der Waals surface area contributed by atoms with E-state index in [0.29, 0.717) is 12.2 Å². The maximum absolute atomic E-state index is 12.9. The Kier molecular flexibility index (Phi) is 3.73. The summed E-state index contributed by atoms with van der Waals surface area (Å²) in [5, 5.41) is 9.73. The lowest BCUT2D eigenvalue weighted by atomic mass is 10.0. The fourth-order valence-electron chi connectivity index (χ4n) is 2.44. The molecule has 0 saturated carbocycles. The van der Waals surface area contributed by atoms with Crippen LogP contribution >= 0.6 is 0 Å². The Labute approximate surface area is 131 Å². The van der Waals surface area contributed by atoms with Crippen LogP contribution in [0, 0.1) is 5.82 Å². The predicted molar refractivity (Wildman–Crippen MR) is 79.5 cm³/mol. The lowest BCUT2D eigenvalue weighted by Crippen LogP contribution is -2.22. The van der Waals surface area contributed by atoms with Gasteiger partial charge in [-0.15, -0.1) is 0 Å². The lowest BCUT2D eigenvalue weighted by Gasteiger charge is -2.06. The highest BCUT2D eigenvalue weighted by molar-refractivity contribution is 6.15. The zero-order valence-electron chi connectivity index (χ0n) is 12.4.